The molecule has 0 atom stereocenters. The second-order valence-electron chi connectivity index (χ2n) is 3.11. The van der Waals surface area contributed by atoms with Crippen molar-refractivity contribution >= 4 is 11.3 Å². The lowest BCUT2D eigenvalue weighted by molar-refractivity contribution is 0.280. The lowest BCUT2D eigenvalue weighted by Gasteiger charge is -2.03. The number of ether oxygens (including phenoxy) is 1. The van der Waals surface area contributed by atoms with E-state index in [4.69, 9.17) is 9.84 Å². The van der Waals surface area contributed by atoms with Gasteiger partial charge in [0.05, 0.1) is 6.61 Å². The fourth-order valence-electron chi connectivity index (χ4n) is 1.14. The Labute approximate surface area is 95.3 Å². The van der Waals surface area contributed by atoms with Crippen molar-refractivity contribution in [3.05, 3.63) is 34.6 Å². The molecule has 0 saturated carbocycles. The van der Waals surface area contributed by atoms with Crippen molar-refractivity contribution in [3.63, 3.8) is 0 Å². The average Bonchev–Trinajstić information content (AvgIpc) is 2.73. The molecule has 0 bridgehead atoms. The van der Waals surface area contributed by atoms with Crippen molar-refractivity contribution in [2.75, 3.05) is 0 Å². The summed E-state index contributed by atoms with van der Waals surface area (Å²) in [6, 6.07) is 4.87. The van der Waals surface area contributed by atoms with Crippen LogP contribution in [0.2, 0.25) is 0 Å². The maximum Gasteiger partial charge on any atom is 0.299 e. The van der Waals surface area contributed by atoms with Crippen molar-refractivity contribution in [2.24, 2.45) is 0 Å². The molecule has 84 valence electrons. The van der Waals surface area contributed by atoms with E-state index in [0.29, 0.717) is 10.6 Å². The predicted molar refractivity (Wildman–Crippen MR) is 57.0 cm³/mol. The number of hydrogen-bond acceptors (Lipinski definition) is 5. The zero-order chi connectivity index (χ0) is 11.5. The summed E-state index contributed by atoms with van der Waals surface area (Å²) in [5.74, 6) is -0.302. The highest BCUT2D eigenvalue weighted by atomic mass is 32.1. The minimum Gasteiger partial charge on any atom is -0.427 e. The predicted octanol–water partition coefficient (Wildman–Crippen LogP) is 2.27. The number of halogens is 1. The van der Waals surface area contributed by atoms with Crippen LogP contribution in [0, 0.1) is 12.7 Å². The summed E-state index contributed by atoms with van der Waals surface area (Å²) in [6.07, 6.45) is 0. The Kier molecular flexibility index (Phi) is 3.12. The number of aromatic nitrogens is 2. The first-order chi connectivity index (χ1) is 7.70. The van der Waals surface area contributed by atoms with Crippen LogP contribution in [0.15, 0.2) is 18.2 Å². The number of rotatable bonds is 3. The molecule has 0 saturated heterocycles. The summed E-state index contributed by atoms with van der Waals surface area (Å²) in [7, 11) is 0. The maximum atomic E-state index is 13.6. The second-order valence-corrected chi connectivity index (χ2v) is 4.13. The number of nitrogens with zero attached hydrogens (tertiary/aromatic N) is 2. The Bertz CT molecular complexity index is 501. The molecular weight excluding hydrogens is 231 g/mol. The van der Waals surface area contributed by atoms with E-state index in [9.17, 15) is 4.39 Å². The molecule has 1 N–H and O–H groups in total. The van der Waals surface area contributed by atoms with Crippen molar-refractivity contribution in [2.45, 2.75) is 13.5 Å². The van der Waals surface area contributed by atoms with Gasteiger partial charge in [0, 0.05) is 0 Å². The van der Waals surface area contributed by atoms with Gasteiger partial charge in [0.1, 0.15) is 5.01 Å². The highest BCUT2D eigenvalue weighted by Crippen LogP contribution is 2.28. The molecule has 1 aromatic heterocycles. The van der Waals surface area contributed by atoms with Gasteiger partial charge in [-0.05, 0) is 18.6 Å². The molecule has 0 spiro atoms. The third-order valence-corrected chi connectivity index (χ3v) is 2.72. The number of aryl methyl sites for hydroxylation is 1. The van der Waals surface area contributed by atoms with E-state index in [1.807, 2.05) is 0 Å². The molecule has 1 heterocycles. The fourth-order valence-corrected chi connectivity index (χ4v) is 1.70. The molecule has 0 aliphatic carbocycles. The molecule has 1 aromatic carbocycles. The molecule has 2 aromatic rings. The summed E-state index contributed by atoms with van der Waals surface area (Å²) in [5.41, 5.74) is 0.504. The van der Waals surface area contributed by atoms with Gasteiger partial charge in [-0.1, -0.05) is 28.6 Å². The summed E-state index contributed by atoms with van der Waals surface area (Å²) in [5, 5.41) is 16.8. The van der Waals surface area contributed by atoms with E-state index < -0.39 is 5.82 Å². The second kappa shape index (κ2) is 4.54. The van der Waals surface area contributed by atoms with Crippen LogP contribution in [0.4, 0.5) is 4.39 Å². The average molecular weight is 240 g/mol. The number of hydrogen-bond donors (Lipinski definition) is 1. The quantitative estimate of drug-likeness (QED) is 0.894. The Morgan fingerprint density at radius 3 is 2.94 bits per heavy atom. The Hall–Kier alpha value is -1.53. The lowest BCUT2D eigenvalue weighted by Crippen LogP contribution is -1.90. The number of aliphatic hydroxyl groups excluding tert-OH is 1. The smallest absolute Gasteiger partial charge is 0.299 e. The van der Waals surface area contributed by atoms with Crippen molar-refractivity contribution in [1.82, 2.24) is 10.2 Å². The molecule has 0 unspecified atom stereocenters. The van der Waals surface area contributed by atoms with Gasteiger partial charge in [0.2, 0.25) is 0 Å². The van der Waals surface area contributed by atoms with E-state index in [2.05, 4.69) is 10.2 Å². The van der Waals surface area contributed by atoms with E-state index in [1.54, 1.807) is 19.1 Å². The van der Waals surface area contributed by atoms with Gasteiger partial charge in [-0.15, -0.1) is 5.10 Å². The van der Waals surface area contributed by atoms with Crippen LogP contribution in [-0.2, 0) is 6.61 Å². The van der Waals surface area contributed by atoms with Crippen LogP contribution in [0.25, 0.3) is 0 Å². The maximum absolute atomic E-state index is 13.6. The van der Waals surface area contributed by atoms with Crippen LogP contribution < -0.4 is 4.74 Å². The van der Waals surface area contributed by atoms with Gasteiger partial charge < -0.3 is 9.84 Å². The summed E-state index contributed by atoms with van der Waals surface area (Å²) < 4.78 is 18.8. The minimum atomic E-state index is -0.414. The normalized spacial score (nSPS) is 10.4. The summed E-state index contributed by atoms with van der Waals surface area (Å²) >= 11 is 1.08. The van der Waals surface area contributed by atoms with E-state index in [0.717, 1.165) is 11.3 Å². The van der Waals surface area contributed by atoms with Crippen LogP contribution in [0.3, 0.4) is 0 Å². The first-order valence-corrected chi connectivity index (χ1v) is 5.38. The molecule has 0 amide bonds. The van der Waals surface area contributed by atoms with Gasteiger partial charge >= 0.3 is 0 Å². The van der Waals surface area contributed by atoms with Gasteiger partial charge in [-0.3, -0.25) is 0 Å². The van der Waals surface area contributed by atoms with Crippen LogP contribution in [0.1, 0.15) is 10.6 Å². The van der Waals surface area contributed by atoms with Crippen molar-refractivity contribution < 1.29 is 14.2 Å². The largest absolute Gasteiger partial charge is 0.427 e. The third-order valence-electron chi connectivity index (χ3n) is 1.94. The first kappa shape index (κ1) is 11.0. The molecule has 0 aliphatic heterocycles. The minimum absolute atomic E-state index is 0.112. The molecular formula is C10H9FN2O2S. The summed E-state index contributed by atoms with van der Waals surface area (Å²) in [6.45, 7) is 1.46. The Morgan fingerprint density at radius 1 is 1.44 bits per heavy atom. The fraction of sp³-hybridized carbons (Fsp3) is 0.200. The Balaban J connectivity index is 2.23. The van der Waals surface area contributed by atoms with E-state index in [1.165, 1.54) is 6.07 Å². The lowest BCUT2D eigenvalue weighted by atomic mass is 10.2. The van der Waals surface area contributed by atoms with Crippen LogP contribution in [0.5, 0.6) is 10.9 Å². The number of benzene rings is 1. The van der Waals surface area contributed by atoms with Gasteiger partial charge in [0.25, 0.3) is 5.19 Å². The monoisotopic (exact) mass is 240 g/mol. The molecule has 16 heavy (non-hydrogen) atoms. The van der Waals surface area contributed by atoms with Gasteiger partial charge in [-0.2, -0.15) is 0 Å². The molecule has 0 fully saturated rings. The van der Waals surface area contributed by atoms with Crippen molar-refractivity contribution in [1.29, 1.82) is 0 Å². The summed E-state index contributed by atoms with van der Waals surface area (Å²) in [4.78, 5) is 0. The molecule has 2 rings (SSSR count). The zero-order valence-electron chi connectivity index (χ0n) is 8.48. The number of aliphatic hydroxyl groups is 1. The standard InChI is InChI=1S/C10H9FN2O2S/c1-6-3-2-4-7(9(6)11)15-10-13-12-8(5-14)16-10/h2-4,14H,5H2,1H3. The molecule has 0 aliphatic rings. The Morgan fingerprint density at radius 2 is 2.25 bits per heavy atom. The van der Waals surface area contributed by atoms with Crippen molar-refractivity contribution in [3.8, 4) is 10.9 Å². The van der Waals surface area contributed by atoms with Gasteiger partial charge in [-0.25, -0.2) is 4.39 Å². The third kappa shape index (κ3) is 2.17. The first-order valence-electron chi connectivity index (χ1n) is 4.57. The SMILES string of the molecule is Cc1cccc(Oc2nnc(CO)s2)c1F. The highest BCUT2D eigenvalue weighted by Gasteiger charge is 2.10. The van der Waals surface area contributed by atoms with E-state index >= 15 is 0 Å². The van der Waals surface area contributed by atoms with Crippen LogP contribution >= 0.6 is 11.3 Å². The topological polar surface area (TPSA) is 55.2 Å². The molecule has 6 heteroatoms. The highest BCUT2D eigenvalue weighted by molar-refractivity contribution is 7.13. The van der Waals surface area contributed by atoms with E-state index in [-0.39, 0.29) is 17.6 Å². The molecule has 4 nitrogen and oxygen atoms in total. The van der Waals surface area contributed by atoms with Crippen LogP contribution in [-0.4, -0.2) is 15.3 Å². The zero-order valence-corrected chi connectivity index (χ0v) is 9.29. The molecule has 0 radical (unpaired) electrons. The van der Waals surface area contributed by atoms with Gasteiger partial charge in [0.15, 0.2) is 11.6 Å².